The number of ether oxygens (including phenoxy) is 3. The molecule has 0 amide bonds. The Morgan fingerprint density at radius 3 is 2.43 bits per heavy atom. The molecule has 0 aromatic heterocycles. The summed E-state index contributed by atoms with van der Waals surface area (Å²) in [6.45, 7) is 3.69. The maximum absolute atomic E-state index is 13.8. The normalized spacial score (nSPS) is 22.9. The zero-order chi connectivity index (χ0) is 21.5. The summed E-state index contributed by atoms with van der Waals surface area (Å²) in [6.07, 6.45) is 1.76. The summed E-state index contributed by atoms with van der Waals surface area (Å²) in [6, 6.07) is 12.4. The van der Waals surface area contributed by atoms with E-state index in [1.54, 1.807) is 56.3 Å². The quantitative estimate of drug-likeness (QED) is 0.680. The Hall–Kier alpha value is -2.68. The average Bonchev–Trinajstić information content (AvgIpc) is 3.11. The first kappa shape index (κ1) is 20.6. The van der Waals surface area contributed by atoms with E-state index in [9.17, 15) is 13.2 Å². The number of para-hydroxylation sites is 1. The molecule has 0 spiro atoms. The second kappa shape index (κ2) is 7.54. The van der Waals surface area contributed by atoms with Gasteiger partial charge < -0.3 is 14.2 Å². The molecule has 0 radical (unpaired) electrons. The average molecular weight is 429 g/mol. The molecule has 2 atom stereocenters. The smallest absolute Gasteiger partial charge is 0.264 e. The van der Waals surface area contributed by atoms with Gasteiger partial charge >= 0.3 is 0 Å². The highest BCUT2D eigenvalue weighted by Crippen LogP contribution is 2.40. The van der Waals surface area contributed by atoms with Crippen LogP contribution in [0.4, 0.5) is 5.69 Å². The van der Waals surface area contributed by atoms with Crippen molar-refractivity contribution in [2.45, 2.75) is 36.7 Å². The molecular formula is C22H23NO6S. The van der Waals surface area contributed by atoms with E-state index in [0.717, 1.165) is 0 Å². The fraction of sp³-hybridized carbons (Fsp3) is 0.318. The van der Waals surface area contributed by atoms with E-state index in [1.807, 2.05) is 0 Å². The molecule has 8 heteroatoms. The van der Waals surface area contributed by atoms with Crippen LogP contribution in [0.2, 0.25) is 0 Å². The van der Waals surface area contributed by atoms with Crippen LogP contribution >= 0.6 is 0 Å². The van der Waals surface area contributed by atoms with Gasteiger partial charge in [-0.3, -0.25) is 9.10 Å². The van der Waals surface area contributed by atoms with Crippen molar-refractivity contribution in [1.29, 1.82) is 0 Å². The second-order valence-corrected chi connectivity index (χ2v) is 9.42. The van der Waals surface area contributed by atoms with Crippen LogP contribution in [0.25, 0.3) is 6.08 Å². The monoisotopic (exact) mass is 429 g/mol. The summed E-state index contributed by atoms with van der Waals surface area (Å²) in [7, 11) is -2.51. The van der Waals surface area contributed by atoms with E-state index in [2.05, 4.69) is 0 Å². The second-order valence-electron chi connectivity index (χ2n) is 7.61. The molecule has 2 aromatic rings. The molecule has 0 bridgehead atoms. The Balaban J connectivity index is 1.88. The molecule has 0 aliphatic carbocycles. The zero-order valence-electron chi connectivity index (χ0n) is 16.9. The van der Waals surface area contributed by atoms with E-state index >= 15 is 0 Å². The van der Waals surface area contributed by atoms with E-state index in [1.165, 1.54) is 23.5 Å². The number of methoxy groups -OCH3 is 1. The van der Waals surface area contributed by atoms with Crippen molar-refractivity contribution >= 4 is 28.1 Å². The van der Waals surface area contributed by atoms with Crippen LogP contribution in [0.1, 0.15) is 19.4 Å². The highest BCUT2D eigenvalue weighted by Gasteiger charge is 2.47. The van der Waals surface area contributed by atoms with Crippen LogP contribution in [-0.4, -0.2) is 46.4 Å². The molecule has 7 nitrogen and oxygen atoms in total. The van der Waals surface area contributed by atoms with Gasteiger partial charge in [0.15, 0.2) is 5.79 Å². The molecule has 0 saturated carbocycles. The summed E-state index contributed by atoms with van der Waals surface area (Å²) in [4.78, 5) is 12.1. The van der Waals surface area contributed by atoms with Crippen LogP contribution in [-0.2, 0) is 24.3 Å². The molecule has 1 saturated heterocycles. The molecular weight excluding hydrogens is 406 g/mol. The number of aldehydes is 1. The number of carbonyl (C=O) groups is 1. The largest absolute Gasteiger partial charge is 0.497 e. The predicted molar refractivity (Wildman–Crippen MR) is 112 cm³/mol. The Morgan fingerprint density at radius 1 is 1.13 bits per heavy atom. The number of sulfonamides is 1. The first-order chi connectivity index (χ1) is 14.3. The number of carbonyl (C=O) groups excluding carboxylic acids is 1. The van der Waals surface area contributed by atoms with Crippen LogP contribution in [0.5, 0.6) is 5.75 Å². The van der Waals surface area contributed by atoms with Gasteiger partial charge in [0.25, 0.3) is 10.0 Å². The molecule has 158 valence electrons. The SMILES string of the molecule is COc1ccc(S(=O)(=O)N2c3ccccc3C=C(C=O)C2[C@H]2COC(C)(C)O2)cc1. The van der Waals surface area contributed by atoms with Gasteiger partial charge in [0, 0.05) is 5.57 Å². The Labute approximate surface area is 175 Å². The standard InChI is InChI=1S/C22H23NO6S/c1-22(2)28-14-20(29-22)21-16(13-24)12-15-6-4-5-7-19(15)23(21)30(25,26)18-10-8-17(27-3)9-11-18/h4-13,20-21H,14H2,1-3H3/t20-,21?/m1/s1. The van der Waals surface area contributed by atoms with Crippen LogP contribution < -0.4 is 9.04 Å². The maximum Gasteiger partial charge on any atom is 0.264 e. The van der Waals surface area contributed by atoms with Gasteiger partial charge in [-0.1, -0.05) is 18.2 Å². The molecule has 0 N–H and O–H groups in total. The highest BCUT2D eigenvalue weighted by atomic mass is 32.2. The minimum atomic E-state index is -4.02. The molecule has 1 fully saturated rings. The van der Waals surface area contributed by atoms with Crippen LogP contribution in [0, 0.1) is 0 Å². The summed E-state index contributed by atoms with van der Waals surface area (Å²) in [5, 5.41) is 0. The summed E-state index contributed by atoms with van der Waals surface area (Å²) < 4.78 is 45.7. The van der Waals surface area contributed by atoms with Crippen LogP contribution in [0.3, 0.4) is 0 Å². The third-order valence-electron chi connectivity index (χ3n) is 5.23. The first-order valence-corrected chi connectivity index (χ1v) is 11.0. The topological polar surface area (TPSA) is 82.1 Å². The van der Waals surface area contributed by atoms with Gasteiger partial charge in [0.05, 0.1) is 24.3 Å². The van der Waals surface area contributed by atoms with Crippen molar-refractivity contribution in [2.75, 3.05) is 18.0 Å². The predicted octanol–water partition coefficient (Wildman–Crippen LogP) is 3.01. The van der Waals surface area contributed by atoms with Crippen molar-refractivity contribution in [2.24, 2.45) is 0 Å². The van der Waals surface area contributed by atoms with E-state index in [0.29, 0.717) is 28.9 Å². The molecule has 1 unspecified atom stereocenters. The van der Waals surface area contributed by atoms with E-state index in [4.69, 9.17) is 14.2 Å². The van der Waals surface area contributed by atoms with E-state index < -0.39 is 28.0 Å². The summed E-state index contributed by atoms with van der Waals surface area (Å²) >= 11 is 0. The highest BCUT2D eigenvalue weighted by molar-refractivity contribution is 7.92. The maximum atomic E-state index is 13.8. The number of hydrogen-bond acceptors (Lipinski definition) is 6. The molecule has 2 aromatic carbocycles. The Morgan fingerprint density at radius 2 is 1.83 bits per heavy atom. The van der Waals surface area contributed by atoms with Crippen molar-refractivity contribution in [1.82, 2.24) is 0 Å². The fourth-order valence-corrected chi connectivity index (χ4v) is 5.53. The van der Waals surface area contributed by atoms with Crippen molar-refractivity contribution in [3.05, 3.63) is 59.7 Å². The zero-order valence-corrected chi connectivity index (χ0v) is 17.8. The van der Waals surface area contributed by atoms with Gasteiger partial charge in [0.2, 0.25) is 0 Å². The number of hydrogen-bond donors (Lipinski definition) is 0. The first-order valence-electron chi connectivity index (χ1n) is 9.53. The Bertz CT molecular complexity index is 1090. The van der Waals surface area contributed by atoms with Crippen molar-refractivity contribution in [3.8, 4) is 5.75 Å². The third kappa shape index (κ3) is 3.51. The molecule has 2 aliphatic heterocycles. The molecule has 4 rings (SSSR count). The molecule has 2 heterocycles. The lowest BCUT2D eigenvalue weighted by molar-refractivity contribution is -0.139. The number of benzene rings is 2. The number of fused-ring (bicyclic) bond motifs is 1. The lowest BCUT2D eigenvalue weighted by Gasteiger charge is -2.39. The molecule has 2 aliphatic rings. The summed E-state index contributed by atoms with van der Waals surface area (Å²) in [5.74, 6) is -0.321. The van der Waals surface area contributed by atoms with Gasteiger partial charge in [-0.15, -0.1) is 0 Å². The van der Waals surface area contributed by atoms with Crippen LogP contribution in [0.15, 0.2) is 59.0 Å². The Kier molecular flexibility index (Phi) is 5.17. The van der Waals surface area contributed by atoms with E-state index in [-0.39, 0.29) is 11.5 Å². The fourth-order valence-electron chi connectivity index (χ4n) is 3.84. The summed E-state index contributed by atoms with van der Waals surface area (Å²) in [5.41, 5.74) is 1.44. The van der Waals surface area contributed by atoms with Gasteiger partial charge in [0.1, 0.15) is 24.2 Å². The van der Waals surface area contributed by atoms with Gasteiger partial charge in [-0.05, 0) is 55.8 Å². The minimum Gasteiger partial charge on any atom is -0.497 e. The van der Waals surface area contributed by atoms with Crippen molar-refractivity contribution < 1.29 is 27.4 Å². The lowest BCUT2D eigenvalue weighted by atomic mass is 9.95. The van der Waals surface area contributed by atoms with Gasteiger partial charge in [-0.2, -0.15) is 0 Å². The van der Waals surface area contributed by atoms with Gasteiger partial charge in [-0.25, -0.2) is 8.42 Å². The van der Waals surface area contributed by atoms with Crippen molar-refractivity contribution in [3.63, 3.8) is 0 Å². The number of anilines is 1. The molecule has 30 heavy (non-hydrogen) atoms. The minimum absolute atomic E-state index is 0.0911. The lowest BCUT2D eigenvalue weighted by Crippen LogP contribution is -2.51. The number of rotatable bonds is 5. The number of nitrogens with zero attached hydrogens (tertiary/aromatic N) is 1. The third-order valence-corrected chi connectivity index (χ3v) is 7.04.